The van der Waals surface area contributed by atoms with E-state index in [4.69, 9.17) is 9.47 Å². The lowest BCUT2D eigenvalue weighted by atomic mass is 10.1. The van der Waals surface area contributed by atoms with Gasteiger partial charge in [-0.3, -0.25) is 0 Å². The molecule has 2 aliphatic rings. The number of hydrogen-bond donors (Lipinski definition) is 0. The van der Waals surface area contributed by atoms with Gasteiger partial charge >= 0.3 is 0 Å². The molecule has 0 spiro atoms. The Kier molecular flexibility index (Phi) is 3.37. The smallest absolute Gasteiger partial charge is 0.230 e. The Balaban J connectivity index is 1.42. The van der Waals surface area contributed by atoms with Crippen LogP contribution >= 0.6 is 0 Å². The molecule has 2 aromatic carbocycles. The molecule has 7 nitrogen and oxygen atoms in total. The fourth-order valence-electron chi connectivity index (χ4n) is 3.98. The molecule has 0 saturated heterocycles. The normalized spacial score (nSPS) is 14.5. The molecular weight excluding hydrogens is 366 g/mol. The molecule has 0 saturated carbocycles. The zero-order valence-electron chi connectivity index (χ0n) is 15.7. The van der Waals surface area contributed by atoms with Crippen LogP contribution in [0, 0.1) is 0 Å². The molecule has 2 aromatic heterocycles. The van der Waals surface area contributed by atoms with Crippen molar-refractivity contribution in [2.75, 3.05) is 25.2 Å². The molecule has 4 aromatic rings. The van der Waals surface area contributed by atoms with Gasteiger partial charge in [0.1, 0.15) is 24.2 Å². The molecule has 142 valence electrons. The van der Waals surface area contributed by atoms with E-state index in [9.17, 15) is 0 Å². The van der Waals surface area contributed by atoms with Gasteiger partial charge in [-0.2, -0.15) is 0 Å². The van der Waals surface area contributed by atoms with Crippen LogP contribution in [0.25, 0.3) is 16.6 Å². The van der Waals surface area contributed by atoms with E-state index in [2.05, 4.69) is 61.0 Å². The van der Waals surface area contributed by atoms with Gasteiger partial charge in [0, 0.05) is 17.3 Å². The van der Waals surface area contributed by atoms with Crippen LogP contribution in [0.5, 0.6) is 11.6 Å². The number of hydrogen-bond acceptors (Lipinski definition) is 6. The Morgan fingerprint density at radius 1 is 1.07 bits per heavy atom. The SMILES string of the molecule is COc1ccccc1-n1ccc2cc(N3CCOc4ncnc5c4C3=N5)ccc21. The van der Waals surface area contributed by atoms with Gasteiger partial charge in [-0.05, 0) is 36.4 Å². The van der Waals surface area contributed by atoms with E-state index in [0.29, 0.717) is 24.8 Å². The number of nitrogens with zero attached hydrogens (tertiary/aromatic N) is 5. The van der Waals surface area contributed by atoms with Gasteiger partial charge < -0.3 is 18.9 Å². The number of fused-ring (bicyclic) bond motifs is 1. The highest BCUT2D eigenvalue weighted by molar-refractivity contribution is 6.20. The molecule has 2 aliphatic heterocycles. The van der Waals surface area contributed by atoms with Crippen molar-refractivity contribution in [3.63, 3.8) is 0 Å². The van der Waals surface area contributed by atoms with Gasteiger partial charge in [0.05, 0.1) is 24.9 Å². The number of benzene rings is 2. The van der Waals surface area contributed by atoms with E-state index in [1.807, 2.05) is 18.2 Å². The van der Waals surface area contributed by atoms with E-state index in [1.165, 1.54) is 6.33 Å². The molecule has 0 fully saturated rings. The van der Waals surface area contributed by atoms with Crippen molar-refractivity contribution in [1.82, 2.24) is 14.5 Å². The average molecular weight is 383 g/mol. The Labute approximate surface area is 166 Å². The predicted octanol–water partition coefficient (Wildman–Crippen LogP) is 3.72. The summed E-state index contributed by atoms with van der Waals surface area (Å²) < 4.78 is 13.5. The molecule has 0 unspecified atom stereocenters. The Morgan fingerprint density at radius 2 is 2.00 bits per heavy atom. The molecule has 0 aliphatic carbocycles. The third kappa shape index (κ3) is 2.34. The second-order valence-corrected chi connectivity index (χ2v) is 6.91. The molecule has 4 heterocycles. The Morgan fingerprint density at radius 3 is 2.93 bits per heavy atom. The summed E-state index contributed by atoms with van der Waals surface area (Å²) in [6.45, 7) is 1.25. The maximum absolute atomic E-state index is 5.79. The molecule has 6 rings (SSSR count). The highest BCUT2D eigenvalue weighted by Crippen LogP contribution is 2.38. The number of amidine groups is 1. The van der Waals surface area contributed by atoms with Crippen molar-refractivity contribution in [3.8, 4) is 17.3 Å². The number of methoxy groups -OCH3 is 1. The lowest BCUT2D eigenvalue weighted by Crippen LogP contribution is -2.35. The average Bonchev–Trinajstić information content (AvgIpc) is 3.07. The third-order valence-corrected chi connectivity index (χ3v) is 5.37. The first-order valence-electron chi connectivity index (χ1n) is 9.42. The van der Waals surface area contributed by atoms with E-state index in [-0.39, 0.29) is 0 Å². The van der Waals surface area contributed by atoms with Crippen molar-refractivity contribution < 1.29 is 9.47 Å². The van der Waals surface area contributed by atoms with Crippen molar-refractivity contribution in [2.24, 2.45) is 4.99 Å². The van der Waals surface area contributed by atoms with Crippen LogP contribution in [0.1, 0.15) is 5.56 Å². The number of ether oxygens (including phenoxy) is 2. The fraction of sp³-hybridized carbons (Fsp3) is 0.136. The van der Waals surface area contributed by atoms with Crippen molar-refractivity contribution in [2.45, 2.75) is 0 Å². The predicted molar refractivity (Wildman–Crippen MR) is 111 cm³/mol. The topological polar surface area (TPSA) is 64.8 Å². The van der Waals surface area contributed by atoms with E-state index < -0.39 is 0 Å². The van der Waals surface area contributed by atoms with Crippen LogP contribution < -0.4 is 14.4 Å². The summed E-state index contributed by atoms with van der Waals surface area (Å²) in [7, 11) is 1.69. The molecule has 0 atom stereocenters. The Hall–Kier alpha value is -3.87. The zero-order chi connectivity index (χ0) is 19.4. The van der Waals surface area contributed by atoms with Crippen molar-refractivity contribution >= 4 is 28.2 Å². The molecule has 7 heteroatoms. The van der Waals surface area contributed by atoms with Gasteiger partial charge in [0.25, 0.3) is 0 Å². The minimum Gasteiger partial charge on any atom is -0.495 e. The van der Waals surface area contributed by atoms with Gasteiger partial charge in [0.2, 0.25) is 5.88 Å². The summed E-state index contributed by atoms with van der Waals surface area (Å²) in [6.07, 6.45) is 3.57. The van der Waals surface area contributed by atoms with Crippen LogP contribution in [-0.2, 0) is 0 Å². The summed E-state index contributed by atoms with van der Waals surface area (Å²) in [5, 5.41) is 1.14. The minimum absolute atomic E-state index is 0.544. The third-order valence-electron chi connectivity index (χ3n) is 5.37. The van der Waals surface area contributed by atoms with Crippen LogP contribution in [0.4, 0.5) is 11.5 Å². The molecule has 0 N–H and O–H groups in total. The molecule has 29 heavy (non-hydrogen) atoms. The zero-order valence-corrected chi connectivity index (χ0v) is 15.7. The lowest BCUT2D eigenvalue weighted by Gasteiger charge is -2.28. The second-order valence-electron chi connectivity index (χ2n) is 6.91. The maximum atomic E-state index is 5.79. The van der Waals surface area contributed by atoms with Crippen LogP contribution in [-0.4, -0.2) is 40.6 Å². The fourth-order valence-corrected chi connectivity index (χ4v) is 3.98. The standard InChI is InChI=1S/C22H17N5O2/c1-28-18-5-3-2-4-17(18)27-9-8-14-12-15(6-7-16(14)27)26-10-11-29-22-19-20(23-13-24-22)25-21(19)26/h2-9,12-13H,10-11H2,1H3. The molecular formula is C22H17N5O2. The van der Waals surface area contributed by atoms with Gasteiger partial charge in [-0.15, -0.1) is 0 Å². The van der Waals surface area contributed by atoms with Crippen LogP contribution in [0.2, 0.25) is 0 Å². The first-order chi connectivity index (χ1) is 14.3. The highest BCUT2D eigenvalue weighted by atomic mass is 16.5. The van der Waals surface area contributed by atoms with E-state index in [0.717, 1.165) is 39.4 Å². The summed E-state index contributed by atoms with van der Waals surface area (Å²) in [4.78, 5) is 15.2. The Bertz CT molecular complexity index is 1290. The minimum atomic E-state index is 0.544. The highest BCUT2D eigenvalue weighted by Gasteiger charge is 2.33. The lowest BCUT2D eigenvalue weighted by molar-refractivity contribution is 0.319. The van der Waals surface area contributed by atoms with Gasteiger partial charge in [0.15, 0.2) is 11.7 Å². The van der Waals surface area contributed by atoms with E-state index in [1.54, 1.807) is 7.11 Å². The number of para-hydroxylation sites is 2. The van der Waals surface area contributed by atoms with Crippen LogP contribution in [0.15, 0.2) is 66.0 Å². The summed E-state index contributed by atoms with van der Waals surface area (Å²) in [6, 6.07) is 16.6. The number of aromatic nitrogens is 3. The second kappa shape index (κ2) is 6.07. The number of aliphatic imine (C=N–C) groups is 1. The maximum Gasteiger partial charge on any atom is 0.230 e. The van der Waals surface area contributed by atoms with Crippen molar-refractivity contribution in [1.29, 1.82) is 0 Å². The van der Waals surface area contributed by atoms with Gasteiger partial charge in [-0.1, -0.05) is 12.1 Å². The number of anilines is 1. The largest absolute Gasteiger partial charge is 0.495 e. The van der Waals surface area contributed by atoms with Crippen molar-refractivity contribution in [3.05, 3.63) is 66.6 Å². The summed E-state index contributed by atoms with van der Waals surface area (Å²) in [5.74, 6) is 3.02. The molecule has 0 radical (unpaired) electrons. The van der Waals surface area contributed by atoms with Crippen LogP contribution in [0.3, 0.4) is 0 Å². The monoisotopic (exact) mass is 383 g/mol. The molecule has 0 amide bonds. The first kappa shape index (κ1) is 16.1. The quantitative estimate of drug-likeness (QED) is 0.540. The first-order valence-corrected chi connectivity index (χ1v) is 9.42. The number of rotatable bonds is 3. The summed E-state index contributed by atoms with van der Waals surface area (Å²) >= 11 is 0. The summed E-state index contributed by atoms with van der Waals surface area (Å²) in [5.41, 5.74) is 4.10. The van der Waals surface area contributed by atoms with Gasteiger partial charge in [-0.25, -0.2) is 15.0 Å². The molecule has 0 bridgehead atoms. The van der Waals surface area contributed by atoms with E-state index >= 15 is 0 Å².